The van der Waals surface area contributed by atoms with Crippen molar-refractivity contribution in [3.8, 4) is 21.0 Å². The van der Waals surface area contributed by atoms with Gasteiger partial charge >= 0.3 is 6.18 Å². The van der Waals surface area contributed by atoms with Gasteiger partial charge in [0.05, 0.1) is 22.1 Å². The maximum absolute atomic E-state index is 13.1. The first-order valence-electron chi connectivity index (χ1n) is 9.61. The summed E-state index contributed by atoms with van der Waals surface area (Å²) in [6.07, 6.45) is -4.37. The molecule has 0 fully saturated rings. The Kier molecular flexibility index (Phi) is 4.44. The van der Waals surface area contributed by atoms with E-state index in [0.717, 1.165) is 74.8 Å². The first-order chi connectivity index (χ1) is 15.3. The van der Waals surface area contributed by atoms with Crippen molar-refractivity contribution in [2.24, 2.45) is 0 Å². The van der Waals surface area contributed by atoms with Crippen LogP contribution in [-0.4, -0.2) is 9.97 Å². The summed E-state index contributed by atoms with van der Waals surface area (Å²) in [5.41, 5.74) is 3.81. The van der Waals surface area contributed by atoms with Gasteiger partial charge in [-0.1, -0.05) is 36.4 Å². The molecule has 32 heavy (non-hydrogen) atoms. The zero-order valence-corrected chi connectivity index (χ0v) is 20.0. The van der Waals surface area contributed by atoms with Crippen LogP contribution in [0.4, 0.5) is 13.2 Å². The minimum atomic E-state index is -4.37. The number of H-pyrrole nitrogens is 1. The van der Waals surface area contributed by atoms with Gasteiger partial charge in [-0.2, -0.15) is 13.2 Å². The van der Waals surface area contributed by atoms with Crippen molar-refractivity contribution in [1.29, 1.82) is 0 Å². The number of nitrogens with one attached hydrogen (secondary N) is 1. The van der Waals surface area contributed by atoms with Crippen molar-refractivity contribution in [3.05, 3.63) is 75.2 Å². The molecule has 0 unspecified atom stereocenters. The molecule has 1 aromatic heterocycles. The van der Waals surface area contributed by atoms with Crippen LogP contribution in [-0.2, 0) is 6.18 Å². The molecule has 0 amide bonds. The standard InChI is InChI=1S/C24H11Br2F3N2S/c25-15-5-1-3-13-17-21(30-19(13)15)18-14-4-2-6-16(26)20(14)31-23(18)32-22(17)11-7-9-12(10-8-11)24(27,28)29/h1-10,30H. The number of rotatable bonds is 1. The summed E-state index contributed by atoms with van der Waals surface area (Å²) in [5, 5.41) is 3.84. The Labute approximate surface area is 200 Å². The Morgan fingerprint density at radius 2 is 1.50 bits per heavy atom. The van der Waals surface area contributed by atoms with Crippen molar-refractivity contribution in [2.75, 3.05) is 0 Å². The van der Waals surface area contributed by atoms with E-state index in [1.165, 1.54) is 23.5 Å². The summed E-state index contributed by atoms with van der Waals surface area (Å²) in [6, 6.07) is 17.3. The van der Waals surface area contributed by atoms with Gasteiger partial charge in [0, 0.05) is 35.5 Å². The van der Waals surface area contributed by atoms with E-state index < -0.39 is 11.7 Å². The van der Waals surface area contributed by atoms with Crippen molar-refractivity contribution < 1.29 is 13.2 Å². The van der Waals surface area contributed by atoms with Crippen LogP contribution in [0.1, 0.15) is 5.56 Å². The summed E-state index contributed by atoms with van der Waals surface area (Å²) in [5.74, 6) is 0. The van der Waals surface area contributed by atoms with Crippen molar-refractivity contribution in [2.45, 2.75) is 6.18 Å². The zero-order valence-electron chi connectivity index (χ0n) is 16.0. The average Bonchev–Trinajstić information content (AvgIpc) is 3.33. The number of halogens is 5. The number of aromatic amines is 1. The topological polar surface area (TPSA) is 28.7 Å². The predicted octanol–water partition coefficient (Wildman–Crippen LogP) is 9.25. The molecule has 0 atom stereocenters. The monoisotopic (exact) mass is 574 g/mol. The molecule has 0 saturated heterocycles. The Morgan fingerprint density at radius 3 is 2.22 bits per heavy atom. The molecule has 0 radical (unpaired) electrons. The number of aromatic nitrogens is 2. The van der Waals surface area contributed by atoms with Crippen LogP contribution < -0.4 is 0 Å². The number of nitrogens with zero attached hydrogens (tertiary/aromatic N) is 1. The van der Waals surface area contributed by atoms with Crippen molar-refractivity contribution in [1.82, 2.24) is 9.97 Å². The minimum absolute atomic E-state index is 0.661. The Bertz CT molecular complexity index is 1630. The third-order valence-corrected chi connectivity index (χ3v) is 8.05. The largest absolute Gasteiger partial charge is 0.416 e. The highest BCUT2D eigenvalue weighted by Crippen LogP contribution is 2.49. The maximum atomic E-state index is 13.1. The Balaban J connectivity index is 1.77. The lowest BCUT2D eigenvalue weighted by atomic mass is 10.0. The number of fused-ring (bicyclic) bond motifs is 7. The molecule has 2 nitrogen and oxygen atoms in total. The van der Waals surface area contributed by atoms with Crippen LogP contribution in [0.3, 0.4) is 0 Å². The number of para-hydroxylation sites is 2. The van der Waals surface area contributed by atoms with Gasteiger partial charge in [-0.05, 0) is 61.7 Å². The van der Waals surface area contributed by atoms with Gasteiger partial charge in [-0.3, -0.25) is 0 Å². The first kappa shape index (κ1) is 20.2. The number of alkyl halides is 3. The molecule has 6 rings (SSSR count). The predicted molar refractivity (Wildman–Crippen MR) is 131 cm³/mol. The highest BCUT2D eigenvalue weighted by molar-refractivity contribution is 9.11. The third-order valence-electron chi connectivity index (χ3n) is 5.62. The molecule has 2 aliphatic heterocycles. The van der Waals surface area contributed by atoms with E-state index in [0.29, 0.717) is 0 Å². The van der Waals surface area contributed by atoms with Crippen molar-refractivity contribution in [3.63, 3.8) is 0 Å². The summed E-state index contributed by atoms with van der Waals surface area (Å²) < 4.78 is 41.2. The minimum Gasteiger partial charge on any atom is -0.353 e. The molecule has 8 heteroatoms. The normalized spacial score (nSPS) is 12.5. The highest BCUT2D eigenvalue weighted by atomic mass is 79.9. The second-order valence-electron chi connectivity index (χ2n) is 7.47. The Hall–Kier alpha value is -2.42. The first-order valence-corrected chi connectivity index (χ1v) is 12.0. The van der Waals surface area contributed by atoms with E-state index in [-0.39, 0.29) is 0 Å². The fourth-order valence-corrected chi connectivity index (χ4v) is 6.32. The van der Waals surface area contributed by atoms with E-state index in [9.17, 15) is 13.2 Å². The van der Waals surface area contributed by atoms with Crippen LogP contribution in [0.15, 0.2) is 69.6 Å². The van der Waals surface area contributed by atoms with Crippen LogP contribution >= 0.6 is 43.2 Å². The van der Waals surface area contributed by atoms with E-state index >= 15 is 0 Å². The highest BCUT2D eigenvalue weighted by Gasteiger charge is 2.30. The van der Waals surface area contributed by atoms with E-state index in [1.54, 1.807) is 0 Å². The van der Waals surface area contributed by atoms with E-state index in [1.807, 2.05) is 36.4 Å². The molecule has 4 aromatic rings. The molecule has 2 aliphatic rings. The molecule has 0 saturated carbocycles. The molecule has 3 heterocycles. The van der Waals surface area contributed by atoms with E-state index in [2.05, 4.69) is 36.8 Å². The maximum Gasteiger partial charge on any atom is 0.416 e. The summed E-state index contributed by atoms with van der Waals surface area (Å²) in [6.45, 7) is 0. The lowest BCUT2D eigenvalue weighted by Crippen LogP contribution is -2.03. The number of benzene rings is 3. The van der Waals surface area contributed by atoms with Gasteiger partial charge in [0.2, 0.25) is 0 Å². The van der Waals surface area contributed by atoms with Gasteiger partial charge in [-0.25, -0.2) is 4.98 Å². The fraction of sp³-hybridized carbons (Fsp3) is 0.0417. The third kappa shape index (κ3) is 2.93. The van der Waals surface area contributed by atoms with Gasteiger partial charge in [0.1, 0.15) is 5.01 Å². The second kappa shape index (κ2) is 7.04. The number of hydrogen-bond donors (Lipinski definition) is 1. The van der Waals surface area contributed by atoms with Gasteiger partial charge in [0.15, 0.2) is 0 Å². The summed E-state index contributed by atoms with van der Waals surface area (Å²) in [7, 11) is 0. The smallest absolute Gasteiger partial charge is 0.353 e. The molecule has 158 valence electrons. The second-order valence-corrected chi connectivity index (χ2v) is 10.2. The molecular formula is C24H11Br2F3N2S. The molecule has 0 spiro atoms. The zero-order chi connectivity index (χ0) is 22.2. The molecular weight excluding hydrogens is 565 g/mol. The molecule has 0 bridgehead atoms. The van der Waals surface area contributed by atoms with Gasteiger partial charge < -0.3 is 4.98 Å². The van der Waals surface area contributed by atoms with Gasteiger partial charge in [-0.15, -0.1) is 11.3 Å². The SMILES string of the molecule is FC(F)(F)c1ccc(-c2sc3nc4c(Br)cccc4c-3c3[nH]c4c(Br)cccc4c23)cc1. The van der Waals surface area contributed by atoms with Crippen LogP contribution in [0.2, 0.25) is 0 Å². The van der Waals surface area contributed by atoms with Crippen LogP contribution in [0, 0.1) is 0 Å². The Morgan fingerprint density at radius 1 is 0.812 bits per heavy atom. The summed E-state index contributed by atoms with van der Waals surface area (Å²) >= 11 is 8.71. The van der Waals surface area contributed by atoms with Gasteiger partial charge in [0.25, 0.3) is 0 Å². The lowest BCUT2D eigenvalue weighted by Gasteiger charge is -2.10. The van der Waals surface area contributed by atoms with Crippen molar-refractivity contribution >= 4 is 75.9 Å². The van der Waals surface area contributed by atoms with E-state index in [4.69, 9.17) is 4.98 Å². The molecule has 3 aromatic carbocycles. The molecule has 0 aliphatic carbocycles. The summed E-state index contributed by atoms with van der Waals surface area (Å²) in [4.78, 5) is 9.30. The fourth-order valence-electron chi connectivity index (χ4n) is 4.19. The van der Waals surface area contributed by atoms with Crippen LogP contribution in [0.5, 0.6) is 0 Å². The van der Waals surface area contributed by atoms with Crippen LogP contribution in [0.25, 0.3) is 53.7 Å². The average molecular weight is 576 g/mol. The lowest BCUT2D eigenvalue weighted by molar-refractivity contribution is -0.137. The number of hydrogen-bond acceptors (Lipinski definition) is 2. The molecule has 1 N–H and O–H groups in total. The quantitative estimate of drug-likeness (QED) is 0.208.